The van der Waals surface area contributed by atoms with Crippen LogP contribution in [0, 0.1) is 6.92 Å². The van der Waals surface area contributed by atoms with Crippen LogP contribution in [0.4, 0.5) is 0 Å². The van der Waals surface area contributed by atoms with Crippen molar-refractivity contribution in [1.29, 1.82) is 0 Å². The zero-order valence-corrected chi connectivity index (χ0v) is 18.7. The Hall–Kier alpha value is -3.49. The lowest BCUT2D eigenvalue weighted by Crippen LogP contribution is -2.28. The molecule has 1 amide bonds. The maximum atomic E-state index is 12.8. The standard InChI is InChI=1S/C22H18Cl2N6O2/c1-3-29-22(32)17-10-5-4-9-16(17)19(28-29)21(31)26-25-12-18-13(2)27-30(20(18)24)15-8-6-7-14(23)11-15/h4-12H,3H2,1-2H3,(H,26,31)/b25-12+. The molecule has 0 atom stereocenters. The van der Waals surface area contributed by atoms with Gasteiger partial charge in [0.15, 0.2) is 5.69 Å². The van der Waals surface area contributed by atoms with Crippen LogP contribution < -0.4 is 11.0 Å². The van der Waals surface area contributed by atoms with E-state index in [4.69, 9.17) is 23.2 Å². The Morgan fingerprint density at radius 1 is 1.12 bits per heavy atom. The van der Waals surface area contributed by atoms with E-state index in [9.17, 15) is 9.59 Å². The molecule has 0 aliphatic heterocycles. The molecule has 0 radical (unpaired) electrons. The summed E-state index contributed by atoms with van der Waals surface area (Å²) in [7, 11) is 0. The average Bonchev–Trinajstić information content (AvgIpc) is 3.08. The maximum absolute atomic E-state index is 12.8. The lowest BCUT2D eigenvalue weighted by atomic mass is 10.1. The van der Waals surface area contributed by atoms with Gasteiger partial charge in [0.1, 0.15) is 5.15 Å². The zero-order valence-electron chi connectivity index (χ0n) is 17.2. The molecule has 8 nitrogen and oxygen atoms in total. The van der Waals surface area contributed by atoms with Gasteiger partial charge in [-0.15, -0.1) is 0 Å². The molecule has 0 spiro atoms. The molecule has 0 fully saturated rings. The number of carbonyl (C=O) groups is 1. The number of rotatable bonds is 5. The number of fused-ring (bicyclic) bond motifs is 1. The van der Waals surface area contributed by atoms with Gasteiger partial charge in [0.05, 0.1) is 28.5 Å². The smallest absolute Gasteiger partial charge is 0.267 e. The quantitative estimate of drug-likeness (QED) is 0.354. The Labute approximate surface area is 193 Å². The molecule has 4 aromatic rings. The topological polar surface area (TPSA) is 94.2 Å². The summed E-state index contributed by atoms with van der Waals surface area (Å²) in [4.78, 5) is 25.2. The van der Waals surface area contributed by atoms with E-state index in [1.54, 1.807) is 56.3 Å². The molecule has 2 aromatic heterocycles. The van der Waals surface area contributed by atoms with Crippen molar-refractivity contribution in [2.75, 3.05) is 0 Å². The number of hydrazone groups is 1. The van der Waals surface area contributed by atoms with Gasteiger partial charge in [-0.25, -0.2) is 14.8 Å². The minimum Gasteiger partial charge on any atom is -0.267 e. The van der Waals surface area contributed by atoms with Crippen LogP contribution in [0.2, 0.25) is 10.2 Å². The third kappa shape index (κ3) is 4.02. The lowest BCUT2D eigenvalue weighted by Gasteiger charge is -2.08. The zero-order chi connectivity index (χ0) is 22.8. The van der Waals surface area contributed by atoms with Crippen LogP contribution in [-0.2, 0) is 6.54 Å². The molecule has 0 bridgehead atoms. The van der Waals surface area contributed by atoms with Crippen molar-refractivity contribution in [1.82, 2.24) is 25.0 Å². The fourth-order valence-corrected chi connectivity index (χ4v) is 3.77. The number of aromatic nitrogens is 4. The summed E-state index contributed by atoms with van der Waals surface area (Å²) >= 11 is 12.5. The Morgan fingerprint density at radius 3 is 2.59 bits per heavy atom. The third-order valence-corrected chi connectivity index (χ3v) is 5.44. The number of hydrogen-bond acceptors (Lipinski definition) is 5. The minimum absolute atomic E-state index is 0.108. The normalized spacial score (nSPS) is 11.4. The van der Waals surface area contributed by atoms with Gasteiger partial charge in [0.2, 0.25) is 0 Å². The molecule has 162 valence electrons. The summed E-state index contributed by atoms with van der Waals surface area (Å²) in [6, 6.07) is 13.9. The van der Waals surface area contributed by atoms with Crippen LogP contribution in [0.3, 0.4) is 0 Å². The van der Waals surface area contributed by atoms with Crippen molar-refractivity contribution in [3.8, 4) is 5.69 Å². The first-order valence-corrected chi connectivity index (χ1v) is 10.5. The molecule has 2 aromatic carbocycles. The Bertz CT molecular complexity index is 1420. The predicted molar refractivity (Wildman–Crippen MR) is 125 cm³/mol. The second-order valence-corrected chi connectivity index (χ2v) is 7.69. The van der Waals surface area contributed by atoms with E-state index >= 15 is 0 Å². The highest BCUT2D eigenvalue weighted by Crippen LogP contribution is 2.23. The third-order valence-electron chi connectivity index (χ3n) is 4.84. The van der Waals surface area contributed by atoms with Crippen molar-refractivity contribution >= 4 is 46.1 Å². The van der Waals surface area contributed by atoms with Crippen molar-refractivity contribution in [2.24, 2.45) is 5.10 Å². The molecule has 0 saturated carbocycles. The van der Waals surface area contributed by atoms with Crippen LogP contribution in [-0.4, -0.2) is 31.7 Å². The first-order chi connectivity index (χ1) is 15.4. The van der Waals surface area contributed by atoms with Gasteiger partial charge in [-0.05, 0) is 38.1 Å². The van der Waals surface area contributed by atoms with E-state index in [0.29, 0.717) is 44.4 Å². The number of nitrogens with zero attached hydrogens (tertiary/aromatic N) is 5. The molecule has 0 saturated heterocycles. The second-order valence-electron chi connectivity index (χ2n) is 6.90. The van der Waals surface area contributed by atoms with E-state index in [1.165, 1.54) is 15.6 Å². The van der Waals surface area contributed by atoms with Gasteiger partial charge < -0.3 is 0 Å². The molecule has 10 heteroatoms. The van der Waals surface area contributed by atoms with Gasteiger partial charge in [0, 0.05) is 17.0 Å². The van der Waals surface area contributed by atoms with Crippen molar-refractivity contribution in [2.45, 2.75) is 20.4 Å². The highest BCUT2D eigenvalue weighted by molar-refractivity contribution is 6.32. The largest absolute Gasteiger partial charge is 0.292 e. The first-order valence-electron chi connectivity index (χ1n) is 9.75. The van der Waals surface area contributed by atoms with Gasteiger partial charge in [-0.3, -0.25) is 9.59 Å². The molecular weight excluding hydrogens is 451 g/mol. The van der Waals surface area contributed by atoms with E-state index in [0.717, 1.165) is 0 Å². The molecule has 1 N–H and O–H groups in total. The number of carbonyl (C=O) groups excluding carboxylic acids is 1. The predicted octanol–water partition coefficient (Wildman–Crippen LogP) is 3.98. The summed E-state index contributed by atoms with van der Waals surface area (Å²) in [6.07, 6.45) is 1.42. The number of benzene rings is 2. The maximum Gasteiger partial charge on any atom is 0.292 e. The van der Waals surface area contributed by atoms with E-state index in [1.807, 2.05) is 6.07 Å². The minimum atomic E-state index is -0.546. The Morgan fingerprint density at radius 2 is 1.88 bits per heavy atom. The highest BCUT2D eigenvalue weighted by Gasteiger charge is 2.17. The molecule has 0 unspecified atom stereocenters. The molecule has 0 aliphatic carbocycles. The van der Waals surface area contributed by atoms with Crippen LogP contribution in [0.15, 0.2) is 58.4 Å². The van der Waals surface area contributed by atoms with Crippen molar-refractivity contribution in [3.05, 3.63) is 86.0 Å². The van der Waals surface area contributed by atoms with E-state index in [-0.39, 0.29) is 11.3 Å². The number of aryl methyl sites for hydroxylation is 2. The van der Waals surface area contributed by atoms with Gasteiger partial charge in [-0.1, -0.05) is 47.5 Å². The SMILES string of the molecule is CCn1nc(C(=O)N/N=C/c2c(C)nn(-c3cccc(Cl)c3)c2Cl)c2ccccc2c1=O. The van der Waals surface area contributed by atoms with Crippen molar-refractivity contribution in [3.63, 3.8) is 0 Å². The fourth-order valence-electron chi connectivity index (χ4n) is 3.26. The summed E-state index contributed by atoms with van der Waals surface area (Å²) in [5, 5.41) is 14.4. The van der Waals surface area contributed by atoms with Gasteiger partial charge in [-0.2, -0.15) is 15.3 Å². The van der Waals surface area contributed by atoms with Gasteiger partial charge >= 0.3 is 0 Å². The number of amides is 1. The van der Waals surface area contributed by atoms with E-state index < -0.39 is 5.91 Å². The van der Waals surface area contributed by atoms with Gasteiger partial charge in [0.25, 0.3) is 11.5 Å². The van der Waals surface area contributed by atoms with Crippen LogP contribution >= 0.6 is 23.2 Å². The van der Waals surface area contributed by atoms with E-state index in [2.05, 4.69) is 20.7 Å². The first kappa shape index (κ1) is 21.7. The molecule has 0 aliphatic rings. The summed E-state index contributed by atoms with van der Waals surface area (Å²) in [5.74, 6) is -0.546. The Kier molecular flexibility index (Phi) is 6.07. The number of halogens is 2. The summed E-state index contributed by atoms with van der Waals surface area (Å²) in [5.41, 5.74) is 4.18. The van der Waals surface area contributed by atoms with Crippen molar-refractivity contribution < 1.29 is 4.79 Å². The summed E-state index contributed by atoms with van der Waals surface area (Å²) in [6.45, 7) is 3.90. The second kappa shape index (κ2) is 8.94. The highest BCUT2D eigenvalue weighted by atomic mass is 35.5. The van der Waals surface area contributed by atoms with Crippen LogP contribution in [0.25, 0.3) is 16.5 Å². The molecular formula is C22H18Cl2N6O2. The Balaban J connectivity index is 1.63. The molecule has 2 heterocycles. The number of nitrogens with one attached hydrogen (secondary N) is 1. The van der Waals surface area contributed by atoms with Crippen LogP contribution in [0.5, 0.6) is 0 Å². The molecule has 4 rings (SSSR count). The number of hydrogen-bond donors (Lipinski definition) is 1. The van der Waals surface area contributed by atoms with Crippen LogP contribution in [0.1, 0.15) is 28.7 Å². The summed E-state index contributed by atoms with van der Waals surface area (Å²) < 4.78 is 2.79. The lowest BCUT2D eigenvalue weighted by molar-refractivity contribution is 0.0949. The molecule has 32 heavy (non-hydrogen) atoms. The fraction of sp³-hybridized carbons (Fsp3) is 0.136. The average molecular weight is 469 g/mol. The monoisotopic (exact) mass is 468 g/mol.